The average molecular weight is 636 g/mol. The third-order valence-electron chi connectivity index (χ3n) is 10.4. The Morgan fingerprint density at radius 1 is 0.413 bits per heavy atom. The highest BCUT2D eigenvalue weighted by molar-refractivity contribution is 5.24. The molecule has 0 heterocycles. The molecule has 0 unspecified atom stereocenters. The Morgan fingerprint density at radius 2 is 0.717 bits per heavy atom. The van der Waals surface area contributed by atoms with Gasteiger partial charge in [0.2, 0.25) is 0 Å². The molecule has 0 radical (unpaired) electrons. The predicted octanol–water partition coefficient (Wildman–Crippen LogP) is 15.3. The van der Waals surface area contributed by atoms with E-state index < -0.39 is 0 Å². The van der Waals surface area contributed by atoms with E-state index in [0.29, 0.717) is 0 Å². The lowest BCUT2D eigenvalue weighted by Crippen LogP contribution is -2.41. The summed E-state index contributed by atoms with van der Waals surface area (Å²) in [6.07, 6.45) is 51.0. The van der Waals surface area contributed by atoms with Gasteiger partial charge in [-0.1, -0.05) is 197 Å². The van der Waals surface area contributed by atoms with Gasteiger partial charge in [-0.3, -0.25) is 4.90 Å². The molecule has 1 nitrogen and oxygen atoms in total. The molecule has 0 aliphatic carbocycles. The van der Waals surface area contributed by atoms with E-state index in [9.17, 15) is 0 Å². The van der Waals surface area contributed by atoms with Crippen LogP contribution in [0.3, 0.4) is 0 Å². The van der Waals surface area contributed by atoms with Crippen LogP contribution >= 0.6 is 0 Å². The summed E-state index contributed by atoms with van der Waals surface area (Å²) < 4.78 is 0. The monoisotopic (exact) mass is 636 g/mol. The summed E-state index contributed by atoms with van der Waals surface area (Å²) in [6, 6.07) is 11.5. The summed E-state index contributed by atoms with van der Waals surface area (Å²) in [5.74, 6) is 0. The van der Waals surface area contributed by atoms with E-state index in [1.165, 1.54) is 198 Å². The molecule has 0 amide bonds. The standard InChI is InChI=1S/C45H81N/c1-5-7-9-11-13-15-17-19-21-23-25-27-29-31-33-38-42-45(46(3)4,44-40-36-35-37-41-44)43-39-34-32-30-28-26-24-22-20-18-16-14-12-10-8-6-2/h19-22,35-37,40-41H,5-18,23-34,38-39,42-43H2,1-4H3/b21-19-,22-20-. The lowest BCUT2D eigenvalue weighted by molar-refractivity contribution is 0.117. The second-order valence-corrected chi connectivity index (χ2v) is 14.7. The van der Waals surface area contributed by atoms with Gasteiger partial charge in [0, 0.05) is 5.54 Å². The highest BCUT2D eigenvalue weighted by atomic mass is 15.1. The molecule has 266 valence electrons. The summed E-state index contributed by atoms with van der Waals surface area (Å²) in [5, 5.41) is 0. The van der Waals surface area contributed by atoms with Crippen molar-refractivity contribution in [1.82, 2.24) is 4.90 Å². The molecule has 46 heavy (non-hydrogen) atoms. The first kappa shape index (κ1) is 42.7. The minimum absolute atomic E-state index is 0.183. The van der Waals surface area contributed by atoms with E-state index in [-0.39, 0.29) is 5.54 Å². The highest BCUT2D eigenvalue weighted by Gasteiger charge is 2.33. The van der Waals surface area contributed by atoms with Crippen LogP contribution in [0.2, 0.25) is 0 Å². The van der Waals surface area contributed by atoms with Crippen molar-refractivity contribution in [3.63, 3.8) is 0 Å². The van der Waals surface area contributed by atoms with Crippen molar-refractivity contribution >= 4 is 0 Å². The van der Waals surface area contributed by atoms with Crippen molar-refractivity contribution < 1.29 is 0 Å². The molecule has 0 atom stereocenters. The van der Waals surface area contributed by atoms with Crippen LogP contribution in [0, 0.1) is 0 Å². The van der Waals surface area contributed by atoms with Gasteiger partial charge in [-0.15, -0.1) is 0 Å². The van der Waals surface area contributed by atoms with Crippen LogP contribution in [-0.4, -0.2) is 19.0 Å². The van der Waals surface area contributed by atoms with Crippen LogP contribution in [0.4, 0.5) is 0 Å². The first-order chi connectivity index (χ1) is 22.7. The summed E-state index contributed by atoms with van der Waals surface area (Å²) in [6.45, 7) is 4.60. The number of hydrogen-bond donors (Lipinski definition) is 0. The van der Waals surface area contributed by atoms with Crippen LogP contribution in [0.15, 0.2) is 54.6 Å². The number of allylic oxidation sites excluding steroid dienone is 4. The second-order valence-electron chi connectivity index (χ2n) is 14.7. The van der Waals surface area contributed by atoms with Crippen molar-refractivity contribution in [1.29, 1.82) is 0 Å². The van der Waals surface area contributed by atoms with E-state index in [1.807, 2.05) is 0 Å². The molecule has 0 saturated carbocycles. The van der Waals surface area contributed by atoms with Crippen molar-refractivity contribution in [2.24, 2.45) is 0 Å². The fourth-order valence-corrected chi connectivity index (χ4v) is 7.20. The highest BCUT2D eigenvalue weighted by Crippen LogP contribution is 2.38. The van der Waals surface area contributed by atoms with Gasteiger partial charge in [0.15, 0.2) is 0 Å². The minimum Gasteiger partial charge on any atom is -0.300 e. The van der Waals surface area contributed by atoms with Crippen molar-refractivity contribution in [2.75, 3.05) is 14.1 Å². The third kappa shape index (κ3) is 23.1. The van der Waals surface area contributed by atoms with Gasteiger partial charge in [-0.25, -0.2) is 0 Å². The molecule has 1 aromatic carbocycles. The zero-order chi connectivity index (χ0) is 33.2. The van der Waals surface area contributed by atoms with Crippen molar-refractivity contribution in [2.45, 2.75) is 212 Å². The van der Waals surface area contributed by atoms with Crippen LogP contribution < -0.4 is 0 Å². The van der Waals surface area contributed by atoms with Crippen molar-refractivity contribution in [3.05, 3.63) is 60.2 Å². The Bertz CT molecular complexity index is 748. The Hall–Kier alpha value is -1.34. The largest absolute Gasteiger partial charge is 0.300 e. The van der Waals surface area contributed by atoms with E-state index in [1.54, 1.807) is 0 Å². The van der Waals surface area contributed by atoms with Gasteiger partial charge < -0.3 is 0 Å². The number of rotatable bonds is 34. The smallest absolute Gasteiger partial charge is 0.0454 e. The van der Waals surface area contributed by atoms with Crippen LogP contribution in [0.25, 0.3) is 0 Å². The summed E-state index contributed by atoms with van der Waals surface area (Å²) >= 11 is 0. The van der Waals surface area contributed by atoms with Crippen LogP contribution in [-0.2, 0) is 5.54 Å². The van der Waals surface area contributed by atoms with Gasteiger partial charge in [-0.05, 0) is 83.9 Å². The van der Waals surface area contributed by atoms with E-state index in [2.05, 4.69) is 87.5 Å². The normalized spacial score (nSPS) is 12.4. The molecule has 0 aliphatic rings. The molecule has 0 bridgehead atoms. The maximum Gasteiger partial charge on any atom is 0.0454 e. The van der Waals surface area contributed by atoms with E-state index in [4.69, 9.17) is 0 Å². The minimum atomic E-state index is 0.183. The number of benzene rings is 1. The van der Waals surface area contributed by atoms with Gasteiger partial charge >= 0.3 is 0 Å². The Labute approximate surface area is 290 Å². The molecule has 0 spiro atoms. The van der Waals surface area contributed by atoms with Gasteiger partial charge in [0.25, 0.3) is 0 Å². The van der Waals surface area contributed by atoms with Gasteiger partial charge in [-0.2, -0.15) is 0 Å². The Balaban J connectivity index is 2.22. The summed E-state index contributed by atoms with van der Waals surface area (Å²) in [5.41, 5.74) is 1.71. The maximum atomic E-state index is 2.55. The lowest BCUT2D eigenvalue weighted by atomic mass is 9.79. The van der Waals surface area contributed by atoms with E-state index in [0.717, 1.165) is 0 Å². The predicted molar refractivity (Wildman–Crippen MR) is 210 cm³/mol. The fraction of sp³-hybridized carbons (Fsp3) is 0.778. The zero-order valence-corrected chi connectivity index (χ0v) is 31.9. The van der Waals surface area contributed by atoms with E-state index >= 15 is 0 Å². The molecule has 0 fully saturated rings. The van der Waals surface area contributed by atoms with Crippen LogP contribution in [0.5, 0.6) is 0 Å². The van der Waals surface area contributed by atoms with Gasteiger partial charge in [0.1, 0.15) is 0 Å². The molecule has 0 aliphatic heterocycles. The fourth-order valence-electron chi connectivity index (χ4n) is 7.20. The molecular weight excluding hydrogens is 555 g/mol. The first-order valence-electron chi connectivity index (χ1n) is 20.7. The zero-order valence-electron chi connectivity index (χ0n) is 31.9. The molecular formula is C45H81N. The number of nitrogens with zero attached hydrogens (tertiary/aromatic N) is 1. The molecule has 1 heteroatoms. The topological polar surface area (TPSA) is 3.24 Å². The maximum absolute atomic E-state index is 2.55. The molecule has 0 aromatic heterocycles. The first-order valence-corrected chi connectivity index (χ1v) is 20.7. The van der Waals surface area contributed by atoms with Crippen molar-refractivity contribution in [3.8, 4) is 0 Å². The van der Waals surface area contributed by atoms with Gasteiger partial charge in [0.05, 0.1) is 0 Å². The molecule has 0 N–H and O–H groups in total. The summed E-state index contributed by atoms with van der Waals surface area (Å²) in [7, 11) is 4.65. The lowest BCUT2D eigenvalue weighted by Gasteiger charge is -2.41. The SMILES string of the molecule is CCCCCCCC/C=C\CCCCCCCCC(CCCCCCCC/C=C\CCCCCCCC)(c1ccccc1)N(C)C. The summed E-state index contributed by atoms with van der Waals surface area (Å²) in [4.78, 5) is 2.55. The third-order valence-corrected chi connectivity index (χ3v) is 10.4. The molecule has 1 rings (SSSR count). The Morgan fingerprint density at radius 3 is 1.04 bits per heavy atom. The van der Waals surface area contributed by atoms with Crippen LogP contribution in [0.1, 0.15) is 212 Å². The quantitative estimate of drug-likeness (QED) is 0.0538. The second kappa shape index (κ2) is 32.2. The average Bonchev–Trinajstić information content (AvgIpc) is 3.07. The molecule has 1 aromatic rings. The molecule has 0 saturated heterocycles. The number of unbranched alkanes of at least 4 members (excludes halogenated alkanes) is 24. The Kier molecular flexibility index (Phi) is 29.9. The number of hydrogen-bond acceptors (Lipinski definition) is 1.